The lowest BCUT2D eigenvalue weighted by atomic mass is 9.82. The average Bonchev–Trinajstić information content (AvgIpc) is 3.96. The number of nitrogens with zero attached hydrogens (tertiary/aromatic N) is 4. The minimum Gasteiger partial charge on any atom is -0.497 e. The van der Waals surface area contributed by atoms with Gasteiger partial charge in [-0.05, 0) is 89.8 Å². The Morgan fingerprint density at radius 2 is 1.52 bits per heavy atom. The van der Waals surface area contributed by atoms with Crippen molar-refractivity contribution in [3.8, 4) is 17.2 Å². The van der Waals surface area contributed by atoms with Crippen molar-refractivity contribution >= 4 is 36.4 Å². The fourth-order valence-electron chi connectivity index (χ4n) is 9.57. The van der Waals surface area contributed by atoms with Gasteiger partial charge in [0.25, 0.3) is 11.8 Å². The third-order valence-electron chi connectivity index (χ3n) is 12.9. The van der Waals surface area contributed by atoms with E-state index in [-0.39, 0.29) is 41.9 Å². The summed E-state index contributed by atoms with van der Waals surface area (Å²) >= 11 is 0. The SMILES string of the molecule is COc1ccc(C(=O)Nc2ccc(CN3C(=O)[C@]4(O[C@H](CCn5cc(C(CO)c6ccccc6)nn5)[C@@H]([Si](C)(C)c5ccc(OC)cc5)[C@@H]4C)c4cc(OC)ccc43)cc2)cc1. The van der Waals surface area contributed by atoms with Crippen molar-refractivity contribution < 1.29 is 33.6 Å². The molecule has 320 valence electrons. The zero-order valence-corrected chi connectivity index (χ0v) is 36.9. The summed E-state index contributed by atoms with van der Waals surface area (Å²) in [6, 6.07) is 38.5. The standard InChI is InChI=1S/C49H53N5O7Si/c1-32-46(62(5,6)40-23-20-38(59-3)21-24-40)45(26-27-53-30-43(51-52-53)41(31-55)34-10-8-7-9-11-34)61-49(32)42-28-39(60-4)22-25-44(42)54(48(49)57)29-33-12-16-36(17-13-33)50-47(56)35-14-18-37(58-2)19-15-35/h7-25,28,30,32,41,45-46,55H,26-27,29,31H2,1-6H3,(H,50,56)/t32-,41?,45+,46-,49+/m0/s1. The van der Waals surface area contributed by atoms with Crippen LogP contribution in [-0.4, -0.2) is 74.0 Å². The molecule has 8 rings (SSSR count). The molecule has 1 spiro atoms. The van der Waals surface area contributed by atoms with E-state index in [9.17, 15) is 9.90 Å². The molecule has 13 heteroatoms. The van der Waals surface area contributed by atoms with Gasteiger partial charge in [0.2, 0.25) is 0 Å². The highest BCUT2D eigenvalue weighted by atomic mass is 28.3. The summed E-state index contributed by atoms with van der Waals surface area (Å²) in [6.45, 7) is 7.61. The zero-order valence-electron chi connectivity index (χ0n) is 35.9. The maximum absolute atomic E-state index is 15.4. The third-order valence-corrected chi connectivity index (χ3v) is 17.2. The Hall–Kier alpha value is -6.28. The second-order valence-electron chi connectivity index (χ2n) is 16.7. The largest absolute Gasteiger partial charge is 0.497 e. The number of fused-ring (bicyclic) bond motifs is 2. The van der Waals surface area contributed by atoms with E-state index in [0.29, 0.717) is 48.0 Å². The molecule has 0 bridgehead atoms. The van der Waals surface area contributed by atoms with Crippen LogP contribution in [0.3, 0.4) is 0 Å². The van der Waals surface area contributed by atoms with Crippen molar-refractivity contribution in [3.05, 3.63) is 155 Å². The lowest BCUT2D eigenvalue weighted by molar-refractivity contribution is -0.146. The molecule has 1 saturated heterocycles. The van der Waals surface area contributed by atoms with Crippen LogP contribution in [0.2, 0.25) is 18.6 Å². The predicted molar refractivity (Wildman–Crippen MR) is 241 cm³/mol. The van der Waals surface area contributed by atoms with Crippen molar-refractivity contribution in [1.29, 1.82) is 0 Å². The molecule has 6 aromatic rings. The second kappa shape index (κ2) is 17.6. The van der Waals surface area contributed by atoms with E-state index in [0.717, 1.165) is 28.1 Å². The van der Waals surface area contributed by atoms with E-state index >= 15 is 4.79 Å². The number of rotatable bonds is 15. The number of ether oxygens (including phenoxy) is 4. The summed E-state index contributed by atoms with van der Waals surface area (Å²) in [5.74, 6) is 1.23. The highest BCUT2D eigenvalue weighted by Crippen LogP contribution is 2.60. The average molecular weight is 852 g/mol. The molecule has 3 heterocycles. The van der Waals surface area contributed by atoms with Crippen LogP contribution in [0.1, 0.15) is 52.0 Å². The minimum atomic E-state index is -2.42. The van der Waals surface area contributed by atoms with Crippen LogP contribution in [0.15, 0.2) is 128 Å². The summed E-state index contributed by atoms with van der Waals surface area (Å²) in [7, 11) is 2.46. The summed E-state index contributed by atoms with van der Waals surface area (Å²) in [4.78, 5) is 30.2. The van der Waals surface area contributed by atoms with Gasteiger partial charge in [0, 0.05) is 35.5 Å². The Bertz CT molecular complexity index is 2510. The molecule has 2 aliphatic rings. The highest BCUT2D eigenvalue weighted by Gasteiger charge is 2.66. The molecule has 2 amide bonds. The molecule has 62 heavy (non-hydrogen) atoms. The molecular weight excluding hydrogens is 799 g/mol. The Morgan fingerprint density at radius 3 is 2.16 bits per heavy atom. The van der Waals surface area contributed by atoms with Gasteiger partial charge >= 0.3 is 0 Å². The fourth-order valence-corrected chi connectivity index (χ4v) is 13.6. The Kier molecular flexibility index (Phi) is 12.0. The van der Waals surface area contributed by atoms with Gasteiger partial charge in [-0.3, -0.25) is 14.3 Å². The van der Waals surface area contributed by atoms with Gasteiger partial charge in [0.1, 0.15) is 17.2 Å². The smallest absolute Gasteiger partial charge is 0.264 e. The van der Waals surface area contributed by atoms with E-state index in [4.69, 9.17) is 18.9 Å². The minimum absolute atomic E-state index is 0.00458. The van der Waals surface area contributed by atoms with Crippen LogP contribution in [0.5, 0.6) is 17.2 Å². The zero-order chi connectivity index (χ0) is 43.6. The van der Waals surface area contributed by atoms with Gasteiger partial charge in [-0.15, -0.1) is 5.10 Å². The second-order valence-corrected chi connectivity index (χ2v) is 21.3. The molecule has 5 aromatic carbocycles. The highest BCUT2D eigenvalue weighted by molar-refractivity contribution is 6.91. The van der Waals surface area contributed by atoms with Crippen molar-refractivity contribution in [3.63, 3.8) is 0 Å². The van der Waals surface area contributed by atoms with Crippen LogP contribution >= 0.6 is 0 Å². The molecule has 0 saturated carbocycles. The van der Waals surface area contributed by atoms with E-state index in [1.54, 1.807) is 45.6 Å². The first kappa shape index (κ1) is 42.4. The summed E-state index contributed by atoms with van der Waals surface area (Å²) in [6.07, 6.45) is 2.17. The van der Waals surface area contributed by atoms with E-state index in [1.165, 1.54) is 5.19 Å². The number of aliphatic hydroxyl groups is 1. The first-order valence-electron chi connectivity index (χ1n) is 20.9. The maximum Gasteiger partial charge on any atom is 0.264 e. The van der Waals surface area contributed by atoms with Crippen LogP contribution in [0.4, 0.5) is 11.4 Å². The van der Waals surface area contributed by atoms with Gasteiger partial charge in [0.15, 0.2) is 5.60 Å². The molecule has 1 unspecified atom stereocenters. The number of anilines is 2. The Labute approximate surface area is 363 Å². The molecule has 1 fully saturated rings. The van der Waals surface area contributed by atoms with E-state index in [2.05, 4.69) is 47.8 Å². The molecule has 1 aromatic heterocycles. The number of aromatic nitrogens is 3. The maximum atomic E-state index is 15.4. The molecule has 0 radical (unpaired) electrons. The van der Waals surface area contributed by atoms with Crippen molar-refractivity contribution in [1.82, 2.24) is 15.0 Å². The lowest BCUT2D eigenvalue weighted by Gasteiger charge is -2.37. The number of carbonyl (C=O) groups excluding carboxylic acids is 2. The lowest BCUT2D eigenvalue weighted by Crippen LogP contribution is -2.51. The van der Waals surface area contributed by atoms with Gasteiger partial charge in [-0.25, -0.2) is 0 Å². The predicted octanol–water partition coefficient (Wildman–Crippen LogP) is 7.53. The van der Waals surface area contributed by atoms with E-state index in [1.807, 2.05) is 101 Å². The normalized spacial score (nSPS) is 20.0. The van der Waals surface area contributed by atoms with Gasteiger partial charge in [-0.1, -0.05) is 85.0 Å². The van der Waals surface area contributed by atoms with Crippen LogP contribution in [0, 0.1) is 5.92 Å². The quantitative estimate of drug-likeness (QED) is 0.101. The Balaban J connectivity index is 1.10. The van der Waals surface area contributed by atoms with Crippen molar-refractivity contribution in [2.75, 3.05) is 38.2 Å². The summed E-state index contributed by atoms with van der Waals surface area (Å²) in [5.41, 5.74) is 3.99. The van der Waals surface area contributed by atoms with Crippen LogP contribution in [0.25, 0.3) is 0 Å². The summed E-state index contributed by atoms with van der Waals surface area (Å²) < 4.78 is 25.7. The van der Waals surface area contributed by atoms with Gasteiger partial charge in [-0.2, -0.15) is 0 Å². The number of carbonyl (C=O) groups is 2. The molecular formula is C49H53N5O7Si. The topological polar surface area (TPSA) is 137 Å². The molecule has 2 N–H and O–H groups in total. The number of nitrogens with one attached hydrogen (secondary N) is 1. The number of hydrogen-bond donors (Lipinski definition) is 2. The number of hydrogen-bond acceptors (Lipinski definition) is 9. The molecule has 2 aliphatic heterocycles. The van der Waals surface area contributed by atoms with Crippen molar-refractivity contribution in [2.24, 2.45) is 5.92 Å². The third kappa shape index (κ3) is 7.87. The number of amides is 2. The first-order valence-corrected chi connectivity index (χ1v) is 24.0. The van der Waals surface area contributed by atoms with Gasteiger partial charge in [0.05, 0.1) is 66.0 Å². The first-order chi connectivity index (χ1) is 30.0. The Morgan fingerprint density at radius 1 is 0.871 bits per heavy atom. The number of aryl methyl sites for hydroxylation is 1. The monoisotopic (exact) mass is 851 g/mol. The molecule has 5 atom stereocenters. The van der Waals surface area contributed by atoms with Crippen LogP contribution < -0.4 is 29.6 Å². The van der Waals surface area contributed by atoms with Gasteiger partial charge < -0.3 is 34.3 Å². The summed E-state index contributed by atoms with van der Waals surface area (Å²) in [5, 5.41) is 23.5. The van der Waals surface area contributed by atoms with E-state index < -0.39 is 13.7 Å². The molecule has 0 aliphatic carbocycles. The fraction of sp³-hybridized carbons (Fsp3) is 0.306. The number of benzene rings is 5. The van der Waals surface area contributed by atoms with Crippen molar-refractivity contribution in [2.45, 2.75) is 62.7 Å². The molecule has 12 nitrogen and oxygen atoms in total. The number of aliphatic hydroxyl groups excluding tert-OH is 1. The number of methoxy groups -OCH3 is 3. The van der Waals surface area contributed by atoms with Crippen LogP contribution in [-0.2, 0) is 28.2 Å².